The van der Waals surface area contributed by atoms with E-state index >= 15 is 0 Å². The Kier molecular flexibility index (Phi) is 3.01. The molecule has 3 fully saturated rings. The monoisotopic (exact) mass is 304 g/mol. The largest absolute Gasteiger partial charge is 0.326 e. The fourth-order valence-electron chi connectivity index (χ4n) is 4.62. The number of nitrogens with one attached hydrogen (secondary N) is 2. The maximum Gasteiger partial charge on any atom is 0.155 e. The average molecular weight is 304 g/mol. The highest BCUT2D eigenvalue weighted by Gasteiger charge is 2.50. The fraction of sp³-hybridized carbons (Fsp3) is 0.350. The highest BCUT2D eigenvalue weighted by molar-refractivity contribution is 5.93. The van der Waals surface area contributed by atoms with Gasteiger partial charge in [-0.2, -0.15) is 5.10 Å². The molecule has 2 bridgehead atoms. The minimum atomic E-state index is 0.355. The number of benzene rings is 2. The third kappa shape index (κ3) is 2.11. The van der Waals surface area contributed by atoms with Crippen LogP contribution in [0.15, 0.2) is 59.7 Å². The van der Waals surface area contributed by atoms with Crippen LogP contribution in [0.25, 0.3) is 11.1 Å². The highest BCUT2D eigenvalue weighted by atomic mass is 15.4. The van der Waals surface area contributed by atoms with Gasteiger partial charge in [-0.3, -0.25) is 5.43 Å². The van der Waals surface area contributed by atoms with Crippen LogP contribution in [0.3, 0.4) is 0 Å². The molecule has 2 N–H and O–H groups in total. The summed E-state index contributed by atoms with van der Waals surface area (Å²) in [5.74, 6) is 0.735. The molecule has 0 spiro atoms. The number of nitrogens with zero attached hydrogens (tertiary/aromatic N) is 1. The minimum absolute atomic E-state index is 0.355. The molecule has 0 amide bonds. The molecule has 6 rings (SSSR count). The lowest BCUT2D eigenvalue weighted by molar-refractivity contribution is -0.927. The van der Waals surface area contributed by atoms with E-state index in [4.69, 9.17) is 5.10 Å². The Hall–Kier alpha value is -2.13. The van der Waals surface area contributed by atoms with Crippen LogP contribution in [0.1, 0.15) is 24.4 Å². The van der Waals surface area contributed by atoms with Crippen molar-refractivity contribution in [2.24, 2.45) is 11.0 Å². The van der Waals surface area contributed by atoms with Crippen LogP contribution in [0.5, 0.6) is 0 Å². The highest BCUT2D eigenvalue weighted by Crippen LogP contribution is 2.31. The van der Waals surface area contributed by atoms with Gasteiger partial charge >= 0.3 is 0 Å². The van der Waals surface area contributed by atoms with E-state index in [0.29, 0.717) is 12.1 Å². The van der Waals surface area contributed by atoms with Crippen LogP contribution >= 0.6 is 0 Å². The van der Waals surface area contributed by atoms with E-state index in [-0.39, 0.29) is 0 Å². The van der Waals surface area contributed by atoms with E-state index in [2.05, 4.69) is 60.0 Å². The van der Waals surface area contributed by atoms with E-state index in [1.165, 1.54) is 48.3 Å². The number of hydrogen-bond donors (Lipinski definition) is 2. The summed E-state index contributed by atoms with van der Waals surface area (Å²) < 4.78 is 0. The standard InChI is InChI=1S/C20H21N3/c1-2-4-14(5-3-1)15-6-8-16(9-7-15)18-20-19(22-21-18)17-10-12-23(20)13-11-17/h1-9,17-18,20-21H,10-13H2/p+1/t18-,20+/m1/s1. The van der Waals surface area contributed by atoms with Crippen molar-refractivity contribution in [1.29, 1.82) is 0 Å². The lowest BCUT2D eigenvalue weighted by atomic mass is 9.78. The van der Waals surface area contributed by atoms with Crippen molar-refractivity contribution in [1.82, 2.24) is 5.43 Å². The second kappa shape index (κ2) is 5.20. The van der Waals surface area contributed by atoms with Crippen LogP contribution in [0, 0.1) is 5.92 Å². The lowest BCUT2D eigenvalue weighted by Gasteiger charge is -2.42. The summed E-state index contributed by atoms with van der Waals surface area (Å²) in [6, 6.07) is 20.6. The van der Waals surface area contributed by atoms with Crippen molar-refractivity contribution in [2.45, 2.75) is 24.9 Å². The molecule has 2 aromatic rings. The van der Waals surface area contributed by atoms with Crippen molar-refractivity contribution in [3.63, 3.8) is 0 Å². The zero-order valence-electron chi connectivity index (χ0n) is 13.2. The molecular weight excluding hydrogens is 282 g/mol. The van der Waals surface area contributed by atoms with Crippen molar-refractivity contribution >= 4 is 5.71 Å². The number of quaternary nitrogens is 1. The van der Waals surface area contributed by atoms with Gasteiger partial charge in [-0.1, -0.05) is 54.6 Å². The molecule has 3 saturated heterocycles. The SMILES string of the molecule is c1ccc(-c2ccc([C@H]3NN=C4C5CC[NH+](CC5)[C@H]43)cc2)cc1. The van der Waals surface area contributed by atoms with E-state index in [0.717, 1.165) is 5.92 Å². The second-order valence-corrected chi connectivity index (χ2v) is 7.04. The van der Waals surface area contributed by atoms with Gasteiger partial charge in [0.25, 0.3) is 0 Å². The second-order valence-electron chi connectivity index (χ2n) is 7.04. The third-order valence-electron chi connectivity index (χ3n) is 5.85. The maximum absolute atomic E-state index is 4.72. The summed E-state index contributed by atoms with van der Waals surface area (Å²) in [6.07, 6.45) is 2.65. The summed E-state index contributed by atoms with van der Waals surface area (Å²) in [5, 5.41) is 4.72. The van der Waals surface area contributed by atoms with Gasteiger partial charge < -0.3 is 4.90 Å². The van der Waals surface area contributed by atoms with E-state index in [9.17, 15) is 0 Å². The Balaban J connectivity index is 1.43. The molecule has 4 aliphatic rings. The predicted molar refractivity (Wildman–Crippen MR) is 92.4 cm³/mol. The average Bonchev–Trinajstić information content (AvgIpc) is 3.11. The molecular formula is C20H22N3+. The van der Waals surface area contributed by atoms with Gasteiger partial charge in [0.15, 0.2) is 6.04 Å². The maximum atomic E-state index is 4.72. The van der Waals surface area contributed by atoms with Crippen LogP contribution < -0.4 is 10.3 Å². The number of fused-ring (bicyclic) bond motifs is 2. The Labute approximate surface area is 137 Å². The first-order valence-electron chi connectivity index (χ1n) is 8.73. The number of rotatable bonds is 2. The lowest BCUT2D eigenvalue weighted by Crippen LogP contribution is -3.20. The normalized spacial score (nSPS) is 31.4. The van der Waals surface area contributed by atoms with Gasteiger partial charge in [-0.15, -0.1) is 0 Å². The summed E-state index contributed by atoms with van der Waals surface area (Å²) in [7, 11) is 0. The number of hydrogen-bond acceptors (Lipinski definition) is 2. The van der Waals surface area contributed by atoms with Gasteiger partial charge in [0.1, 0.15) is 11.8 Å². The fourth-order valence-corrected chi connectivity index (χ4v) is 4.62. The minimum Gasteiger partial charge on any atom is -0.326 e. The third-order valence-corrected chi connectivity index (χ3v) is 5.85. The Bertz CT molecular complexity index is 727. The molecule has 4 aliphatic heterocycles. The Morgan fingerprint density at radius 2 is 1.57 bits per heavy atom. The molecule has 3 heteroatoms. The van der Waals surface area contributed by atoms with E-state index in [1.54, 1.807) is 4.90 Å². The van der Waals surface area contributed by atoms with E-state index in [1.807, 2.05) is 0 Å². The van der Waals surface area contributed by atoms with Crippen molar-refractivity contribution in [2.75, 3.05) is 13.1 Å². The Morgan fingerprint density at radius 1 is 0.870 bits per heavy atom. The first kappa shape index (κ1) is 13.3. The smallest absolute Gasteiger partial charge is 0.155 e. The quantitative estimate of drug-likeness (QED) is 0.873. The molecule has 0 unspecified atom stereocenters. The van der Waals surface area contributed by atoms with Gasteiger partial charge in [-0.25, -0.2) is 0 Å². The van der Waals surface area contributed by atoms with Crippen LogP contribution in [-0.2, 0) is 0 Å². The molecule has 2 atom stereocenters. The molecule has 116 valence electrons. The molecule has 0 aliphatic carbocycles. The summed E-state index contributed by atoms with van der Waals surface area (Å²) in [4.78, 5) is 1.73. The molecule has 0 saturated carbocycles. The topological polar surface area (TPSA) is 28.8 Å². The number of hydrazone groups is 1. The predicted octanol–water partition coefficient (Wildman–Crippen LogP) is 2.03. The first-order valence-corrected chi connectivity index (χ1v) is 8.73. The summed E-state index contributed by atoms with van der Waals surface area (Å²) in [6.45, 7) is 2.63. The van der Waals surface area contributed by atoms with Gasteiger partial charge in [0, 0.05) is 18.8 Å². The molecule has 4 heterocycles. The van der Waals surface area contributed by atoms with Gasteiger partial charge in [0.05, 0.1) is 13.1 Å². The molecule has 0 radical (unpaired) electrons. The van der Waals surface area contributed by atoms with Gasteiger partial charge in [-0.05, 0) is 16.7 Å². The van der Waals surface area contributed by atoms with Crippen molar-refractivity contribution < 1.29 is 4.90 Å². The zero-order chi connectivity index (χ0) is 15.2. The van der Waals surface area contributed by atoms with E-state index < -0.39 is 0 Å². The summed E-state index contributed by atoms with van der Waals surface area (Å²) in [5.41, 5.74) is 8.81. The molecule has 23 heavy (non-hydrogen) atoms. The van der Waals surface area contributed by atoms with Crippen LogP contribution in [-0.4, -0.2) is 24.8 Å². The Morgan fingerprint density at radius 3 is 2.30 bits per heavy atom. The number of piperidine rings is 3. The molecule has 3 nitrogen and oxygen atoms in total. The zero-order valence-corrected chi connectivity index (χ0v) is 13.2. The van der Waals surface area contributed by atoms with Crippen molar-refractivity contribution in [3.8, 4) is 11.1 Å². The molecule has 0 aromatic heterocycles. The molecule has 2 aromatic carbocycles. The van der Waals surface area contributed by atoms with Crippen LogP contribution in [0.2, 0.25) is 0 Å². The summed E-state index contributed by atoms with van der Waals surface area (Å²) >= 11 is 0. The van der Waals surface area contributed by atoms with Crippen LogP contribution in [0.4, 0.5) is 0 Å². The van der Waals surface area contributed by atoms with Crippen molar-refractivity contribution in [3.05, 3.63) is 60.2 Å². The first-order chi connectivity index (χ1) is 11.4. The van der Waals surface area contributed by atoms with Gasteiger partial charge in [0.2, 0.25) is 0 Å².